The number of thiophene rings is 1. The number of aryl methyl sites for hydroxylation is 1. The van der Waals surface area contributed by atoms with Gasteiger partial charge in [-0.3, -0.25) is 0 Å². The molecule has 1 saturated carbocycles. The van der Waals surface area contributed by atoms with E-state index in [0.717, 1.165) is 30.3 Å². The summed E-state index contributed by atoms with van der Waals surface area (Å²) in [5.41, 5.74) is 1.69. The Balaban J connectivity index is 1.74. The lowest BCUT2D eigenvalue weighted by molar-refractivity contribution is 0.194. The van der Waals surface area contributed by atoms with Crippen molar-refractivity contribution in [2.75, 3.05) is 6.54 Å². The third-order valence-corrected chi connectivity index (χ3v) is 6.94. The maximum Gasteiger partial charge on any atom is 0.0164 e. The van der Waals surface area contributed by atoms with Crippen molar-refractivity contribution in [3.8, 4) is 0 Å². The number of fused-ring (bicyclic) bond motifs is 1. The van der Waals surface area contributed by atoms with Gasteiger partial charge in [0.05, 0.1) is 0 Å². The van der Waals surface area contributed by atoms with Gasteiger partial charge in [-0.05, 0) is 67.5 Å². The quantitative estimate of drug-likeness (QED) is 0.772. The molecule has 1 aromatic rings. The van der Waals surface area contributed by atoms with Gasteiger partial charge in [-0.25, -0.2) is 0 Å². The van der Waals surface area contributed by atoms with E-state index in [9.17, 15) is 0 Å². The average Bonchev–Trinajstić information content (AvgIpc) is 3.01. The van der Waals surface area contributed by atoms with E-state index in [-0.39, 0.29) is 0 Å². The van der Waals surface area contributed by atoms with Crippen molar-refractivity contribution in [1.82, 2.24) is 5.32 Å². The first-order chi connectivity index (χ1) is 10.3. The van der Waals surface area contributed by atoms with Gasteiger partial charge in [0, 0.05) is 16.8 Å². The van der Waals surface area contributed by atoms with E-state index in [1.165, 1.54) is 51.4 Å². The fraction of sp³-hybridized carbons (Fsp3) is 0.789. The monoisotopic (exact) mass is 305 g/mol. The molecule has 2 atom stereocenters. The maximum atomic E-state index is 3.89. The first-order valence-corrected chi connectivity index (χ1v) is 10.0. The Morgan fingerprint density at radius 3 is 2.71 bits per heavy atom. The maximum absolute atomic E-state index is 3.89. The van der Waals surface area contributed by atoms with Crippen molar-refractivity contribution in [2.45, 2.75) is 77.2 Å². The predicted molar refractivity (Wildman–Crippen MR) is 93.2 cm³/mol. The van der Waals surface area contributed by atoms with Crippen molar-refractivity contribution in [1.29, 1.82) is 0 Å². The zero-order valence-corrected chi connectivity index (χ0v) is 14.6. The number of hydrogen-bond donors (Lipinski definition) is 1. The predicted octanol–water partition coefficient (Wildman–Crippen LogP) is 5.36. The first-order valence-electron chi connectivity index (χ1n) is 9.13. The summed E-state index contributed by atoms with van der Waals surface area (Å²) in [5.74, 6) is 2.69. The summed E-state index contributed by atoms with van der Waals surface area (Å²) < 4.78 is 0. The van der Waals surface area contributed by atoms with Gasteiger partial charge in [-0.15, -0.1) is 11.3 Å². The summed E-state index contributed by atoms with van der Waals surface area (Å²) >= 11 is 1.99. The van der Waals surface area contributed by atoms with Gasteiger partial charge in [-0.1, -0.05) is 33.1 Å². The standard InChI is InChI=1S/C19H31NS/c1-3-14-8-10-15(11-9-14)19(20-4-2)17-6-5-7-18-16(17)12-13-21-18/h12-15,17,19-20H,3-11H2,1-2H3. The van der Waals surface area contributed by atoms with Crippen LogP contribution in [0.3, 0.4) is 0 Å². The molecule has 0 saturated heterocycles. The Hall–Kier alpha value is -0.340. The Morgan fingerprint density at radius 2 is 2.00 bits per heavy atom. The van der Waals surface area contributed by atoms with Crippen molar-refractivity contribution in [3.05, 3.63) is 21.9 Å². The van der Waals surface area contributed by atoms with Crippen LogP contribution in [0.2, 0.25) is 0 Å². The molecule has 1 nitrogen and oxygen atoms in total. The molecular formula is C19H31NS. The molecule has 3 rings (SSSR count). The Kier molecular flexibility index (Phi) is 5.39. The van der Waals surface area contributed by atoms with Crippen LogP contribution in [-0.2, 0) is 6.42 Å². The molecule has 118 valence electrons. The second-order valence-corrected chi connectivity index (χ2v) is 8.07. The smallest absolute Gasteiger partial charge is 0.0164 e. The number of rotatable bonds is 5. The van der Waals surface area contributed by atoms with Gasteiger partial charge >= 0.3 is 0 Å². The average molecular weight is 306 g/mol. The van der Waals surface area contributed by atoms with Crippen LogP contribution in [0.1, 0.15) is 75.2 Å². The minimum absolute atomic E-state index is 0.724. The minimum Gasteiger partial charge on any atom is -0.313 e. The molecule has 1 N–H and O–H groups in total. The van der Waals surface area contributed by atoms with Gasteiger partial charge in [-0.2, -0.15) is 0 Å². The molecule has 0 amide bonds. The minimum atomic E-state index is 0.724. The molecule has 2 aliphatic rings. The van der Waals surface area contributed by atoms with Crippen LogP contribution in [0, 0.1) is 11.8 Å². The second kappa shape index (κ2) is 7.28. The van der Waals surface area contributed by atoms with E-state index in [1.807, 2.05) is 11.3 Å². The van der Waals surface area contributed by atoms with Crippen LogP contribution >= 0.6 is 11.3 Å². The van der Waals surface area contributed by atoms with Crippen LogP contribution in [0.25, 0.3) is 0 Å². The molecule has 1 aromatic heterocycles. The lowest BCUT2D eigenvalue weighted by atomic mass is 9.70. The van der Waals surface area contributed by atoms with Gasteiger partial charge in [0.2, 0.25) is 0 Å². The molecular weight excluding hydrogens is 274 g/mol. The van der Waals surface area contributed by atoms with Crippen molar-refractivity contribution in [3.63, 3.8) is 0 Å². The summed E-state index contributed by atoms with van der Waals surface area (Å²) in [6.07, 6.45) is 11.3. The fourth-order valence-corrected chi connectivity index (χ4v) is 5.72. The Labute approximate surface area is 134 Å². The molecule has 0 spiro atoms. The lowest BCUT2D eigenvalue weighted by Gasteiger charge is -2.40. The summed E-state index contributed by atoms with van der Waals surface area (Å²) in [7, 11) is 0. The highest BCUT2D eigenvalue weighted by atomic mass is 32.1. The molecule has 2 unspecified atom stereocenters. The third-order valence-electron chi connectivity index (χ3n) is 5.95. The van der Waals surface area contributed by atoms with Crippen LogP contribution in [0.5, 0.6) is 0 Å². The van der Waals surface area contributed by atoms with Crippen LogP contribution in [0.4, 0.5) is 0 Å². The van der Waals surface area contributed by atoms with Gasteiger partial charge in [0.15, 0.2) is 0 Å². The second-order valence-electron chi connectivity index (χ2n) is 7.07. The van der Waals surface area contributed by atoms with E-state index < -0.39 is 0 Å². The molecule has 2 heteroatoms. The highest BCUT2D eigenvalue weighted by Crippen LogP contribution is 2.42. The highest BCUT2D eigenvalue weighted by Gasteiger charge is 2.35. The first kappa shape index (κ1) is 15.6. The van der Waals surface area contributed by atoms with E-state index in [0.29, 0.717) is 0 Å². The Morgan fingerprint density at radius 1 is 1.19 bits per heavy atom. The molecule has 0 aliphatic heterocycles. The molecule has 21 heavy (non-hydrogen) atoms. The topological polar surface area (TPSA) is 12.0 Å². The van der Waals surface area contributed by atoms with Crippen molar-refractivity contribution < 1.29 is 0 Å². The molecule has 2 aliphatic carbocycles. The molecule has 0 aromatic carbocycles. The Bertz CT molecular complexity index is 431. The largest absolute Gasteiger partial charge is 0.313 e. The molecule has 1 fully saturated rings. The van der Waals surface area contributed by atoms with E-state index in [1.54, 1.807) is 10.4 Å². The van der Waals surface area contributed by atoms with Crippen LogP contribution < -0.4 is 5.32 Å². The van der Waals surface area contributed by atoms with Crippen LogP contribution in [0.15, 0.2) is 11.4 Å². The summed E-state index contributed by atoms with van der Waals surface area (Å²) in [6.45, 7) is 5.77. The van der Waals surface area contributed by atoms with Crippen molar-refractivity contribution in [2.24, 2.45) is 11.8 Å². The van der Waals surface area contributed by atoms with Crippen molar-refractivity contribution >= 4 is 11.3 Å². The zero-order chi connectivity index (χ0) is 14.7. The van der Waals surface area contributed by atoms with Gasteiger partial charge < -0.3 is 5.32 Å². The number of likely N-dealkylation sites (N-methyl/N-ethyl adjacent to an activating group) is 1. The van der Waals surface area contributed by atoms with Crippen LogP contribution in [-0.4, -0.2) is 12.6 Å². The highest BCUT2D eigenvalue weighted by molar-refractivity contribution is 7.10. The molecule has 0 bridgehead atoms. The third kappa shape index (κ3) is 3.37. The summed E-state index contributed by atoms with van der Waals surface area (Å²) in [4.78, 5) is 1.68. The van der Waals surface area contributed by atoms with E-state index in [2.05, 4.69) is 30.6 Å². The number of nitrogens with one attached hydrogen (secondary N) is 1. The van der Waals surface area contributed by atoms with Gasteiger partial charge in [0.1, 0.15) is 0 Å². The molecule has 0 radical (unpaired) electrons. The van der Waals surface area contributed by atoms with E-state index in [4.69, 9.17) is 0 Å². The zero-order valence-electron chi connectivity index (χ0n) is 13.7. The van der Waals surface area contributed by atoms with Gasteiger partial charge in [0.25, 0.3) is 0 Å². The normalized spacial score (nSPS) is 30.9. The summed E-state index contributed by atoms with van der Waals surface area (Å²) in [5, 5.41) is 6.21. The van der Waals surface area contributed by atoms with E-state index >= 15 is 0 Å². The number of hydrogen-bond acceptors (Lipinski definition) is 2. The summed E-state index contributed by atoms with van der Waals surface area (Å²) in [6, 6.07) is 3.15. The fourth-order valence-electron chi connectivity index (χ4n) is 4.72. The molecule has 1 heterocycles. The lowest BCUT2D eigenvalue weighted by Crippen LogP contribution is -2.43. The SMILES string of the molecule is CCNC(C1CCC(CC)CC1)C1CCCc2sccc21.